The first kappa shape index (κ1) is 16.1. The molecule has 0 aromatic heterocycles. The largest absolute Gasteiger partial charge is 0.310 e. The van der Waals surface area contributed by atoms with Crippen LogP contribution in [0.1, 0.15) is 29.7 Å². The second-order valence-corrected chi connectivity index (χ2v) is 5.91. The van der Waals surface area contributed by atoms with Gasteiger partial charge in [0.05, 0.1) is 0 Å². The van der Waals surface area contributed by atoms with Gasteiger partial charge >= 0.3 is 0 Å². The number of hydrogen-bond acceptors (Lipinski definition) is 1. The SMILES string of the molecule is CCNC(Cc1cc(F)ccc1Br)c1ccc(F)cc1C. The third kappa shape index (κ3) is 4.11. The van der Waals surface area contributed by atoms with Gasteiger partial charge in [0.2, 0.25) is 0 Å². The van der Waals surface area contributed by atoms with Crippen LogP contribution in [0, 0.1) is 18.6 Å². The van der Waals surface area contributed by atoms with E-state index in [1.165, 1.54) is 24.3 Å². The van der Waals surface area contributed by atoms with Crippen LogP contribution in [-0.2, 0) is 6.42 Å². The van der Waals surface area contributed by atoms with E-state index in [1.807, 2.05) is 13.8 Å². The molecule has 112 valence electrons. The maximum atomic E-state index is 13.4. The molecule has 0 radical (unpaired) electrons. The average molecular weight is 354 g/mol. The Labute approximate surface area is 132 Å². The topological polar surface area (TPSA) is 12.0 Å². The highest BCUT2D eigenvalue weighted by molar-refractivity contribution is 9.10. The molecule has 0 bridgehead atoms. The van der Waals surface area contributed by atoms with Crippen LogP contribution >= 0.6 is 15.9 Å². The minimum Gasteiger partial charge on any atom is -0.310 e. The van der Waals surface area contributed by atoms with E-state index in [-0.39, 0.29) is 17.7 Å². The maximum absolute atomic E-state index is 13.4. The van der Waals surface area contributed by atoms with Crippen molar-refractivity contribution in [3.63, 3.8) is 0 Å². The number of aryl methyl sites for hydroxylation is 1. The Bertz CT molecular complexity index is 628. The highest BCUT2D eigenvalue weighted by Gasteiger charge is 2.16. The standard InChI is InChI=1S/C17H18BrF2N/c1-3-21-17(15-6-4-13(19)8-11(15)2)10-12-9-14(20)5-7-16(12)18/h4-9,17,21H,3,10H2,1-2H3. The van der Waals surface area contributed by atoms with Crippen LogP contribution in [0.25, 0.3) is 0 Å². The molecule has 21 heavy (non-hydrogen) atoms. The number of nitrogens with one attached hydrogen (secondary N) is 1. The summed E-state index contributed by atoms with van der Waals surface area (Å²) in [5.41, 5.74) is 2.83. The molecule has 0 spiro atoms. The van der Waals surface area contributed by atoms with E-state index in [4.69, 9.17) is 0 Å². The Morgan fingerprint density at radius 2 is 1.76 bits per heavy atom. The number of rotatable bonds is 5. The molecule has 2 aromatic carbocycles. The van der Waals surface area contributed by atoms with E-state index in [0.29, 0.717) is 6.42 Å². The fourth-order valence-corrected chi connectivity index (χ4v) is 2.90. The molecule has 0 amide bonds. The number of benzene rings is 2. The van der Waals surface area contributed by atoms with Crippen molar-refractivity contribution >= 4 is 15.9 Å². The summed E-state index contributed by atoms with van der Waals surface area (Å²) in [6.07, 6.45) is 0.638. The van der Waals surface area contributed by atoms with Crippen LogP contribution in [-0.4, -0.2) is 6.54 Å². The monoisotopic (exact) mass is 353 g/mol. The van der Waals surface area contributed by atoms with Crippen molar-refractivity contribution < 1.29 is 8.78 Å². The van der Waals surface area contributed by atoms with Crippen molar-refractivity contribution in [2.45, 2.75) is 26.3 Å². The lowest BCUT2D eigenvalue weighted by atomic mass is 9.95. The van der Waals surface area contributed by atoms with Gasteiger partial charge in [0.1, 0.15) is 11.6 Å². The van der Waals surface area contributed by atoms with Crippen LogP contribution in [0.5, 0.6) is 0 Å². The summed E-state index contributed by atoms with van der Waals surface area (Å²) < 4.78 is 27.6. The normalized spacial score (nSPS) is 12.4. The summed E-state index contributed by atoms with van der Waals surface area (Å²) >= 11 is 3.46. The lowest BCUT2D eigenvalue weighted by Crippen LogP contribution is -2.24. The quantitative estimate of drug-likeness (QED) is 0.803. The highest BCUT2D eigenvalue weighted by Crippen LogP contribution is 2.26. The fourth-order valence-electron chi connectivity index (χ4n) is 2.49. The summed E-state index contributed by atoms with van der Waals surface area (Å²) in [4.78, 5) is 0. The third-order valence-electron chi connectivity index (χ3n) is 3.49. The smallest absolute Gasteiger partial charge is 0.123 e. The van der Waals surface area contributed by atoms with Crippen molar-refractivity contribution in [2.75, 3.05) is 6.54 Å². The first-order chi connectivity index (χ1) is 10.0. The molecule has 4 heteroatoms. The number of halogens is 3. The van der Waals surface area contributed by atoms with Crippen LogP contribution in [0.4, 0.5) is 8.78 Å². The predicted octanol–water partition coefficient (Wildman–Crippen LogP) is 4.93. The van der Waals surface area contributed by atoms with E-state index in [2.05, 4.69) is 21.2 Å². The second kappa shape index (κ2) is 7.14. The molecule has 1 N–H and O–H groups in total. The first-order valence-electron chi connectivity index (χ1n) is 6.94. The number of hydrogen-bond donors (Lipinski definition) is 1. The summed E-state index contributed by atoms with van der Waals surface area (Å²) in [7, 11) is 0. The summed E-state index contributed by atoms with van der Waals surface area (Å²) in [6.45, 7) is 4.70. The van der Waals surface area contributed by atoms with E-state index in [0.717, 1.165) is 27.7 Å². The van der Waals surface area contributed by atoms with Gasteiger partial charge in [-0.2, -0.15) is 0 Å². The van der Waals surface area contributed by atoms with Gasteiger partial charge in [0, 0.05) is 10.5 Å². The molecule has 1 nitrogen and oxygen atoms in total. The average Bonchev–Trinajstić information content (AvgIpc) is 2.42. The Balaban J connectivity index is 2.32. The minimum absolute atomic E-state index is 0.0219. The lowest BCUT2D eigenvalue weighted by molar-refractivity contribution is 0.541. The van der Waals surface area contributed by atoms with Crippen molar-refractivity contribution in [1.29, 1.82) is 0 Å². The molecule has 0 heterocycles. The summed E-state index contributed by atoms with van der Waals surface area (Å²) in [6, 6.07) is 9.49. The van der Waals surface area contributed by atoms with E-state index < -0.39 is 0 Å². The molecule has 0 saturated heterocycles. The molecule has 1 atom stereocenters. The van der Waals surface area contributed by atoms with Crippen LogP contribution in [0.2, 0.25) is 0 Å². The van der Waals surface area contributed by atoms with E-state index >= 15 is 0 Å². The third-order valence-corrected chi connectivity index (χ3v) is 4.26. The van der Waals surface area contributed by atoms with E-state index in [1.54, 1.807) is 12.1 Å². The van der Waals surface area contributed by atoms with Gasteiger partial charge in [-0.05, 0) is 66.9 Å². The number of likely N-dealkylation sites (N-methyl/N-ethyl adjacent to an activating group) is 1. The lowest BCUT2D eigenvalue weighted by Gasteiger charge is -2.21. The van der Waals surface area contributed by atoms with Crippen molar-refractivity contribution in [2.24, 2.45) is 0 Å². The van der Waals surface area contributed by atoms with Gasteiger partial charge in [-0.3, -0.25) is 0 Å². The van der Waals surface area contributed by atoms with Crippen LogP contribution < -0.4 is 5.32 Å². The summed E-state index contributed by atoms with van der Waals surface area (Å²) in [5.74, 6) is -0.488. The van der Waals surface area contributed by atoms with Gasteiger partial charge in [0.15, 0.2) is 0 Å². The molecule has 0 aliphatic rings. The van der Waals surface area contributed by atoms with Crippen LogP contribution in [0.3, 0.4) is 0 Å². The summed E-state index contributed by atoms with van der Waals surface area (Å²) in [5, 5.41) is 3.39. The molecule has 0 aliphatic heterocycles. The van der Waals surface area contributed by atoms with Crippen molar-refractivity contribution in [3.05, 3.63) is 69.2 Å². The zero-order chi connectivity index (χ0) is 15.4. The minimum atomic E-state index is -0.251. The van der Waals surface area contributed by atoms with Crippen molar-refractivity contribution in [1.82, 2.24) is 5.32 Å². The Morgan fingerprint density at radius 1 is 1.10 bits per heavy atom. The molecular weight excluding hydrogens is 336 g/mol. The van der Waals surface area contributed by atoms with E-state index in [9.17, 15) is 8.78 Å². The van der Waals surface area contributed by atoms with Crippen molar-refractivity contribution in [3.8, 4) is 0 Å². The van der Waals surface area contributed by atoms with Gasteiger partial charge in [-0.15, -0.1) is 0 Å². The zero-order valence-electron chi connectivity index (χ0n) is 12.1. The van der Waals surface area contributed by atoms with Gasteiger partial charge in [0.25, 0.3) is 0 Å². The Morgan fingerprint density at radius 3 is 2.43 bits per heavy atom. The molecule has 2 rings (SSSR count). The van der Waals surface area contributed by atoms with Gasteiger partial charge in [-0.25, -0.2) is 8.78 Å². The molecule has 0 aliphatic carbocycles. The molecular formula is C17H18BrF2N. The highest BCUT2D eigenvalue weighted by atomic mass is 79.9. The molecule has 0 fully saturated rings. The van der Waals surface area contributed by atoms with Gasteiger partial charge in [-0.1, -0.05) is 28.9 Å². The molecule has 0 saturated carbocycles. The first-order valence-corrected chi connectivity index (χ1v) is 7.74. The maximum Gasteiger partial charge on any atom is 0.123 e. The predicted molar refractivity (Wildman–Crippen MR) is 85.4 cm³/mol. The van der Waals surface area contributed by atoms with Gasteiger partial charge < -0.3 is 5.32 Å². The zero-order valence-corrected chi connectivity index (χ0v) is 13.7. The Hall–Kier alpha value is -1.26. The Kier molecular flexibility index (Phi) is 5.48. The molecule has 1 unspecified atom stereocenters. The molecule has 2 aromatic rings. The second-order valence-electron chi connectivity index (χ2n) is 5.05. The van der Waals surface area contributed by atoms with Crippen LogP contribution in [0.15, 0.2) is 40.9 Å². The fraction of sp³-hybridized carbons (Fsp3) is 0.294.